The Bertz CT molecular complexity index is 8.75. The molecule has 0 aromatic carbocycles. The first-order valence-corrected chi connectivity index (χ1v) is 7.31. The van der Waals surface area contributed by atoms with E-state index in [0.29, 0.717) is 0 Å². The van der Waals surface area contributed by atoms with Gasteiger partial charge in [-0.1, -0.05) is 0 Å². The van der Waals surface area contributed by atoms with Gasteiger partial charge >= 0.3 is 32.3 Å². The second kappa shape index (κ2) is 41.3. The van der Waals surface area contributed by atoms with Crippen LogP contribution in [-0.4, -0.2) is 0 Å². The van der Waals surface area contributed by atoms with Crippen LogP contribution < -0.4 is 0 Å². The molecule has 0 saturated carbocycles. The van der Waals surface area contributed by atoms with E-state index >= 15 is 0 Å². The van der Waals surface area contributed by atoms with Crippen molar-refractivity contribution in [3.63, 3.8) is 0 Å². The zero-order chi connectivity index (χ0) is 4.00. The van der Waals surface area contributed by atoms with Gasteiger partial charge in [-0.15, -0.1) is 0 Å². The molecule has 0 fully saturated rings. The fourth-order valence-corrected chi connectivity index (χ4v) is 0. The fraction of sp³-hybridized carbons (Fsp3) is 0. The van der Waals surface area contributed by atoms with E-state index in [1.807, 2.05) is 0 Å². The molecule has 0 heterocycles. The Morgan fingerprint density at radius 3 is 1.00 bits per heavy atom. The molecule has 0 radical (unpaired) electrons. The summed E-state index contributed by atoms with van der Waals surface area (Å²) in [4.78, 5) is 0. The molecule has 0 unspecified atom stereocenters. The predicted octanol–water partition coefficient (Wildman–Crippen LogP) is 0.636. The molecule has 0 rings (SSSR count). The molecule has 0 nitrogen and oxygen atoms in total. The van der Waals surface area contributed by atoms with Crippen molar-refractivity contribution in [1.29, 1.82) is 0 Å². The third kappa shape index (κ3) is 26.9. The van der Waals surface area contributed by atoms with Crippen molar-refractivity contribution >= 4 is 32.0 Å². The maximum absolute atomic E-state index is 4.25. The third-order valence-corrected chi connectivity index (χ3v) is 0. The summed E-state index contributed by atoms with van der Waals surface area (Å²) in [7, 11) is 4.25. The molecule has 6 heteroatoms. The Labute approximate surface area is 95.9 Å². The van der Waals surface area contributed by atoms with E-state index in [4.69, 9.17) is 0 Å². The van der Waals surface area contributed by atoms with Crippen molar-refractivity contribution < 1.29 is 65.8 Å². The van der Waals surface area contributed by atoms with Crippen molar-refractivity contribution in [3.05, 3.63) is 0 Å². The Kier molecular flexibility index (Phi) is 158. The minimum atomic E-state index is 0. The number of hydrogen-bond donors (Lipinski definition) is 0. The van der Waals surface area contributed by atoms with Crippen LogP contribution in [0.4, 0.5) is 0 Å². The van der Waals surface area contributed by atoms with Gasteiger partial charge in [-0.05, 0) is 0 Å². The monoisotopic (exact) mass is 406 g/mol. The van der Waals surface area contributed by atoms with Gasteiger partial charge in [0.05, 0.1) is 0 Å². The molecule has 0 aromatic heterocycles. The maximum atomic E-state index is 4.25. The Hall–Kier alpha value is 3.22. The van der Waals surface area contributed by atoms with E-state index < -0.39 is 0 Å². The summed E-state index contributed by atoms with van der Waals surface area (Å²) >= 11 is 8.07. The average molecular weight is 400 g/mol. The van der Waals surface area contributed by atoms with E-state index in [0.717, 1.165) is 23.7 Å². The van der Waals surface area contributed by atoms with Gasteiger partial charge < -0.3 is 23.3 Å². The molecule has 0 aliphatic heterocycles. The van der Waals surface area contributed by atoms with Crippen molar-refractivity contribution in [1.82, 2.24) is 0 Å². The Balaban J connectivity index is -0.00000000500. The molecular formula is CdMo2S3-2. The average Bonchev–Trinajstić information content (AvgIpc) is 1.50. The van der Waals surface area contributed by atoms with Crippen LogP contribution in [0.5, 0.6) is 0 Å². The molecule has 0 aliphatic rings. The van der Waals surface area contributed by atoms with Gasteiger partial charge in [-0.3, -0.25) is 0 Å². The van der Waals surface area contributed by atoms with Gasteiger partial charge in [0.1, 0.15) is 0 Å². The van der Waals surface area contributed by atoms with Crippen LogP contribution in [0.15, 0.2) is 0 Å². The molecule has 0 atom stereocenters. The molecule has 34 valence electrons. The van der Waals surface area contributed by atoms with Gasteiger partial charge in [-0.25, -0.2) is 0 Å². The van der Waals surface area contributed by atoms with Crippen molar-refractivity contribution in [2.75, 3.05) is 0 Å². The molecule has 0 amide bonds. The summed E-state index contributed by atoms with van der Waals surface area (Å²) in [5.41, 5.74) is 0. The number of hydrogen-bond acceptors (Lipinski definition) is 3. The van der Waals surface area contributed by atoms with Gasteiger partial charge in [-0.2, -0.15) is 0 Å². The Morgan fingerprint density at radius 2 is 1.00 bits per heavy atom. The molecule has 6 heavy (non-hydrogen) atoms. The first-order valence-electron chi connectivity index (χ1n) is 0.455. The summed E-state index contributed by atoms with van der Waals surface area (Å²) < 4.78 is 0. The van der Waals surface area contributed by atoms with E-state index in [9.17, 15) is 0 Å². The quantitative estimate of drug-likeness (QED) is 0.333. The predicted molar refractivity (Wildman–Crippen MR) is 22.3 cm³/mol. The summed E-state index contributed by atoms with van der Waals surface area (Å²) in [5.74, 6) is 0. The molecule has 0 N–H and O–H groups in total. The third-order valence-electron chi connectivity index (χ3n) is 0. The standard InChI is InChI=1S/Cd.2Mo.S2.S/c;;;1-2;/q;;;-2;. The van der Waals surface area contributed by atoms with Gasteiger partial charge in [0.15, 0.2) is 0 Å². The van der Waals surface area contributed by atoms with Crippen LogP contribution in [0.25, 0.3) is 0 Å². The SMILES string of the molecule is [Mo].[Mo].[S-][S-].[S]=[Cd]. The first-order chi connectivity index (χ1) is 2.00. The topological polar surface area (TPSA) is 0 Å². The summed E-state index contributed by atoms with van der Waals surface area (Å²) in [6.07, 6.45) is 0. The Morgan fingerprint density at radius 1 is 1.00 bits per heavy atom. The molecule has 0 spiro atoms. The van der Waals surface area contributed by atoms with Crippen LogP contribution in [-0.2, 0) is 89.1 Å². The van der Waals surface area contributed by atoms with Crippen LogP contribution >= 0.6 is 8.65 Å². The van der Waals surface area contributed by atoms with E-state index in [-0.39, 0.29) is 42.1 Å². The summed E-state index contributed by atoms with van der Waals surface area (Å²) in [6, 6.07) is 0. The van der Waals surface area contributed by atoms with E-state index in [1.165, 1.54) is 0 Å². The van der Waals surface area contributed by atoms with Crippen LogP contribution in [0.2, 0.25) is 0 Å². The van der Waals surface area contributed by atoms with E-state index in [2.05, 4.69) is 32.0 Å². The molecule has 0 aromatic rings. The van der Waals surface area contributed by atoms with E-state index in [1.54, 1.807) is 0 Å². The van der Waals surface area contributed by atoms with Crippen LogP contribution in [0, 0.1) is 0 Å². The molecular weight excluding hydrogens is 400 g/mol. The van der Waals surface area contributed by atoms with Crippen LogP contribution in [0.1, 0.15) is 0 Å². The van der Waals surface area contributed by atoms with Gasteiger partial charge in [0, 0.05) is 42.1 Å². The first kappa shape index (κ1) is 22.9. The van der Waals surface area contributed by atoms with Gasteiger partial charge in [0.2, 0.25) is 0 Å². The van der Waals surface area contributed by atoms with Crippen molar-refractivity contribution in [3.8, 4) is 0 Å². The van der Waals surface area contributed by atoms with Crippen molar-refractivity contribution in [2.24, 2.45) is 0 Å². The normalized spacial score (nSPS) is 2.00. The molecule has 0 aliphatic carbocycles. The second-order valence-corrected chi connectivity index (χ2v) is 0. The minimum absolute atomic E-state index is 0. The fourth-order valence-electron chi connectivity index (χ4n) is 0. The summed E-state index contributed by atoms with van der Waals surface area (Å²) in [5, 5.41) is 0. The number of rotatable bonds is 0. The second-order valence-electron chi connectivity index (χ2n) is 0. The molecule has 0 bridgehead atoms. The zero-order valence-electron chi connectivity index (χ0n) is 2.75. The summed E-state index contributed by atoms with van der Waals surface area (Å²) in [6.45, 7) is 0. The van der Waals surface area contributed by atoms with Crippen LogP contribution in [0.3, 0.4) is 0 Å². The van der Waals surface area contributed by atoms with Gasteiger partial charge in [0.25, 0.3) is 0 Å². The zero-order valence-corrected chi connectivity index (χ0v) is 13.2. The molecule has 0 saturated heterocycles. The van der Waals surface area contributed by atoms with Crippen molar-refractivity contribution in [2.45, 2.75) is 0 Å².